The van der Waals surface area contributed by atoms with E-state index in [2.05, 4.69) is 16.6 Å². The van der Waals surface area contributed by atoms with E-state index in [0.29, 0.717) is 6.54 Å². The number of aryl methyl sites for hydroxylation is 1. The van der Waals surface area contributed by atoms with Crippen LogP contribution >= 0.6 is 11.8 Å². The Hall–Kier alpha value is -1.17. The molecule has 0 fully saturated rings. The number of carbonyl (C=O) groups excluding carboxylic acids is 1. The average Bonchev–Trinajstić information content (AvgIpc) is 2.68. The minimum absolute atomic E-state index is 0.403. The SMILES string of the molecule is CSCCn1cncc1CNC(=O)OC(C)(C)C. The second kappa shape index (κ2) is 6.68. The maximum absolute atomic E-state index is 11.5. The van der Waals surface area contributed by atoms with Crippen LogP contribution in [0.25, 0.3) is 0 Å². The van der Waals surface area contributed by atoms with Crippen LogP contribution in [-0.2, 0) is 17.8 Å². The smallest absolute Gasteiger partial charge is 0.407 e. The van der Waals surface area contributed by atoms with Gasteiger partial charge in [-0.15, -0.1) is 0 Å². The van der Waals surface area contributed by atoms with Crippen molar-refractivity contribution >= 4 is 17.9 Å². The molecule has 0 aliphatic carbocycles. The summed E-state index contributed by atoms with van der Waals surface area (Å²) in [5.41, 5.74) is 0.512. The van der Waals surface area contributed by atoms with Gasteiger partial charge in [0, 0.05) is 18.5 Å². The van der Waals surface area contributed by atoms with Gasteiger partial charge in [0.1, 0.15) is 5.60 Å². The molecule has 0 saturated heterocycles. The zero-order valence-electron chi connectivity index (χ0n) is 11.4. The van der Waals surface area contributed by atoms with Crippen LogP contribution in [0.15, 0.2) is 12.5 Å². The summed E-state index contributed by atoms with van der Waals surface area (Å²) in [6, 6.07) is 0. The lowest BCUT2D eigenvalue weighted by atomic mass is 10.2. The number of rotatable bonds is 5. The molecular weight excluding hydrogens is 250 g/mol. The van der Waals surface area contributed by atoms with Crippen molar-refractivity contribution in [1.29, 1.82) is 0 Å². The van der Waals surface area contributed by atoms with Crippen LogP contribution in [-0.4, -0.2) is 33.3 Å². The van der Waals surface area contributed by atoms with Gasteiger partial charge in [0.2, 0.25) is 0 Å². The number of thioether (sulfide) groups is 1. The molecule has 0 unspecified atom stereocenters. The molecule has 102 valence electrons. The Kier molecular flexibility index (Phi) is 5.53. The topological polar surface area (TPSA) is 56.2 Å². The van der Waals surface area contributed by atoms with Crippen molar-refractivity contribution in [1.82, 2.24) is 14.9 Å². The zero-order valence-corrected chi connectivity index (χ0v) is 12.2. The van der Waals surface area contributed by atoms with Crippen LogP contribution in [0.4, 0.5) is 4.79 Å². The molecule has 1 heterocycles. The van der Waals surface area contributed by atoms with Crippen LogP contribution in [0, 0.1) is 0 Å². The Labute approximate surface area is 112 Å². The minimum atomic E-state index is -0.469. The number of aromatic nitrogens is 2. The van der Waals surface area contributed by atoms with E-state index >= 15 is 0 Å². The highest BCUT2D eigenvalue weighted by Crippen LogP contribution is 2.07. The van der Waals surface area contributed by atoms with Gasteiger partial charge in [-0.2, -0.15) is 11.8 Å². The molecule has 5 nitrogen and oxygen atoms in total. The van der Waals surface area contributed by atoms with Gasteiger partial charge < -0.3 is 14.6 Å². The molecule has 0 bridgehead atoms. The van der Waals surface area contributed by atoms with Crippen LogP contribution in [0.1, 0.15) is 26.5 Å². The predicted molar refractivity (Wildman–Crippen MR) is 73.7 cm³/mol. The average molecular weight is 271 g/mol. The third-order valence-electron chi connectivity index (χ3n) is 2.15. The van der Waals surface area contributed by atoms with E-state index in [4.69, 9.17) is 4.74 Å². The van der Waals surface area contributed by atoms with Gasteiger partial charge in [-0.25, -0.2) is 9.78 Å². The fraction of sp³-hybridized carbons (Fsp3) is 0.667. The van der Waals surface area contributed by atoms with Crippen molar-refractivity contribution in [3.05, 3.63) is 18.2 Å². The number of nitrogens with one attached hydrogen (secondary N) is 1. The number of imidazole rings is 1. The summed E-state index contributed by atoms with van der Waals surface area (Å²) in [4.78, 5) is 15.6. The lowest BCUT2D eigenvalue weighted by Crippen LogP contribution is -2.32. The molecule has 0 saturated carbocycles. The Balaban J connectivity index is 2.43. The minimum Gasteiger partial charge on any atom is -0.444 e. The number of hydrogen-bond donors (Lipinski definition) is 1. The second-order valence-corrected chi connectivity index (χ2v) is 5.91. The van der Waals surface area contributed by atoms with E-state index in [9.17, 15) is 4.79 Å². The summed E-state index contributed by atoms with van der Waals surface area (Å²) in [6.07, 6.45) is 5.20. The molecule has 6 heteroatoms. The molecule has 1 amide bonds. The lowest BCUT2D eigenvalue weighted by molar-refractivity contribution is 0.0522. The molecular formula is C12H21N3O2S. The molecule has 0 radical (unpaired) electrons. The normalized spacial score (nSPS) is 11.3. The Morgan fingerprint density at radius 2 is 2.28 bits per heavy atom. The maximum Gasteiger partial charge on any atom is 0.407 e. The van der Waals surface area contributed by atoms with Crippen molar-refractivity contribution in [2.75, 3.05) is 12.0 Å². The largest absolute Gasteiger partial charge is 0.444 e. The van der Waals surface area contributed by atoms with Gasteiger partial charge in [-0.1, -0.05) is 0 Å². The molecule has 1 aromatic rings. The highest BCUT2D eigenvalue weighted by molar-refractivity contribution is 7.98. The standard InChI is InChI=1S/C12H21N3O2S/c1-12(2,3)17-11(16)14-8-10-7-13-9-15(10)5-6-18-4/h7,9H,5-6,8H2,1-4H3,(H,14,16). The van der Waals surface area contributed by atoms with Crippen LogP contribution in [0.5, 0.6) is 0 Å². The summed E-state index contributed by atoms with van der Waals surface area (Å²) in [5.74, 6) is 1.02. The Morgan fingerprint density at radius 1 is 1.56 bits per heavy atom. The van der Waals surface area contributed by atoms with Gasteiger partial charge in [0.15, 0.2) is 0 Å². The fourth-order valence-electron chi connectivity index (χ4n) is 1.36. The number of nitrogens with zero attached hydrogens (tertiary/aromatic N) is 2. The first-order chi connectivity index (χ1) is 8.42. The van der Waals surface area contributed by atoms with E-state index in [1.54, 1.807) is 24.3 Å². The first-order valence-corrected chi connectivity index (χ1v) is 7.26. The highest BCUT2D eigenvalue weighted by atomic mass is 32.2. The Bertz CT molecular complexity index is 385. The molecule has 1 rings (SSSR count). The summed E-state index contributed by atoms with van der Waals surface area (Å²) >= 11 is 1.78. The second-order valence-electron chi connectivity index (χ2n) is 4.93. The molecule has 0 aliphatic heterocycles. The monoisotopic (exact) mass is 271 g/mol. The van der Waals surface area contributed by atoms with Crippen molar-refractivity contribution in [2.45, 2.75) is 39.5 Å². The third kappa shape index (κ3) is 5.44. The molecule has 1 N–H and O–H groups in total. The molecule has 18 heavy (non-hydrogen) atoms. The number of carbonyl (C=O) groups is 1. The number of amides is 1. The van der Waals surface area contributed by atoms with E-state index < -0.39 is 11.7 Å². The van der Waals surface area contributed by atoms with Gasteiger partial charge in [0.05, 0.1) is 18.6 Å². The zero-order chi connectivity index (χ0) is 13.6. The van der Waals surface area contributed by atoms with Gasteiger partial charge >= 0.3 is 6.09 Å². The van der Waals surface area contributed by atoms with E-state index in [1.165, 1.54) is 0 Å². The van der Waals surface area contributed by atoms with Crippen molar-refractivity contribution in [3.63, 3.8) is 0 Å². The van der Waals surface area contributed by atoms with E-state index in [-0.39, 0.29) is 0 Å². The number of hydrogen-bond acceptors (Lipinski definition) is 4. The Morgan fingerprint density at radius 3 is 2.89 bits per heavy atom. The van der Waals surface area contributed by atoms with Crippen LogP contribution < -0.4 is 5.32 Å². The summed E-state index contributed by atoms with van der Waals surface area (Å²) in [5, 5.41) is 2.73. The molecule has 0 aromatic carbocycles. The first kappa shape index (κ1) is 14.9. The lowest BCUT2D eigenvalue weighted by Gasteiger charge is -2.19. The van der Waals surface area contributed by atoms with Gasteiger partial charge in [-0.05, 0) is 27.0 Å². The summed E-state index contributed by atoms with van der Waals surface area (Å²) in [7, 11) is 0. The molecule has 0 atom stereocenters. The molecule has 0 aliphatic rings. The fourth-order valence-corrected chi connectivity index (χ4v) is 1.74. The highest BCUT2D eigenvalue weighted by Gasteiger charge is 2.16. The van der Waals surface area contributed by atoms with Crippen molar-refractivity contribution in [3.8, 4) is 0 Å². The number of alkyl carbamates (subject to hydrolysis) is 1. The van der Waals surface area contributed by atoms with Crippen molar-refractivity contribution in [2.24, 2.45) is 0 Å². The van der Waals surface area contributed by atoms with Gasteiger partial charge in [0.25, 0.3) is 0 Å². The predicted octanol–water partition coefficient (Wildman–Crippen LogP) is 2.27. The van der Waals surface area contributed by atoms with Crippen LogP contribution in [0.3, 0.4) is 0 Å². The number of ether oxygens (including phenoxy) is 1. The van der Waals surface area contributed by atoms with E-state index in [1.807, 2.05) is 25.3 Å². The quantitative estimate of drug-likeness (QED) is 0.892. The molecule has 0 spiro atoms. The first-order valence-electron chi connectivity index (χ1n) is 5.87. The summed E-state index contributed by atoms with van der Waals surface area (Å²) < 4.78 is 7.21. The van der Waals surface area contributed by atoms with Gasteiger partial charge in [-0.3, -0.25) is 0 Å². The maximum atomic E-state index is 11.5. The molecule has 1 aromatic heterocycles. The summed E-state index contributed by atoms with van der Waals surface area (Å²) in [6.45, 7) is 6.86. The van der Waals surface area contributed by atoms with E-state index in [0.717, 1.165) is 18.0 Å². The van der Waals surface area contributed by atoms with Crippen molar-refractivity contribution < 1.29 is 9.53 Å². The van der Waals surface area contributed by atoms with Crippen LogP contribution in [0.2, 0.25) is 0 Å². The third-order valence-corrected chi connectivity index (χ3v) is 2.74.